The maximum absolute atomic E-state index is 12.7. The molecular weight excluding hydrogens is 554 g/mol. The molecule has 0 aliphatic heterocycles. The van der Waals surface area contributed by atoms with Crippen LogP contribution in [0.1, 0.15) is 29.4 Å². The highest BCUT2D eigenvalue weighted by Gasteiger charge is 2.20. The number of aromatic nitrogens is 1. The van der Waals surface area contributed by atoms with E-state index in [9.17, 15) is 14.9 Å². The van der Waals surface area contributed by atoms with Gasteiger partial charge in [-0.25, -0.2) is 4.98 Å². The molecule has 0 saturated carbocycles. The second-order valence-corrected chi connectivity index (χ2v) is 10.2. The molecule has 0 spiro atoms. The first-order valence-electron chi connectivity index (χ1n) is 10.7. The molecule has 0 fully saturated rings. The Kier molecular flexibility index (Phi) is 8.11. The zero-order valence-corrected chi connectivity index (χ0v) is 21.7. The highest BCUT2D eigenvalue weighted by Crippen LogP contribution is 2.41. The zero-order valence-electron chi connectivity index (χ0n) is 18.5. The Morgan fingerprint density at radius 2 is 1.77 bits per heavy atom. The zero-order chi connectivity index (χ0) is 24.8. The summed E-state index contributed by atoms with van der Waals surface area (Å²) < 4.78 is 12.8. The maximum atomic E-state index is 12.7. The Balaban J connectivity index is 1.60. The van der Waals surface area contributed by atoms with Gasteiger partial charge < -0.3 is 9.47 Å². The Morgan fingerprint density at radius 1 is 1.06 bits per heavy atom. The lowest BCUT2D eigenvalue weighted by atomic mass is 10.1. The van der Waals surface area contributed by atoms with Gasteiger partial charge in [-0.05, 0) is 61.0 Å². The summed E-state index contributed by atoms with van der Waals surface area (Å²) in [6.45, 7) is 2.76. The van der Waals surface area contributed by atoms with Crippen molar-refractivity contribution in [2.75, 3.05) is 11.9 Å². The van der Waals surface area contributed by atoms with Crippen LogP contribution >= 0.6 is 38.6 Å². The fourth-order valence-electron chi connectivity index (χ4n) is 2.97. The van der Waals surface area contributed by atoms with Gasteiger partial charge in [-0.2, -0.15) is 0 Å². The number of nitrogens with one attached hydrogen (secondary N) is 1. The largest absolute Gasteiger partial charge is 0.494 e. The third-order valence-electron chi connectivity index (χ3n) is 4.73. The molecule has 0 radical (unpaired) electrons. The number of thiazole rings is 1. The van der Waals surface area contributed by atoms with E-state index in [-0.39, 0.29) is 9.88 Å². The normalized spacial score (nSPS) is 10.7. The van der Waals surface area contributed by atoms with Crippen LogP contribution in [0.25, 0.3) is 11.3 Å². The van der Waals surface area contributed by atoms with Gasteiger partial charge in [0.2, 0.25) is 5.06 Å². The number of nitrogens with zero attached hydrogens (tertiary/aromatic N) is 2. The van der Waals surface area contributed by atoms with Crippen LogP contribution in [0.5, 0.6) is 16.6 Å². The average Bonchev–Trinajstić information content (AvgIpc) is 3.49. The summed E-state index contributed by atoms with van der Waals surface area (Å²) in [5.74, 6) is 0.906. The van der Waals surface area contributed by atoms with Crippen LogP contribution in [-0.2, 0) is 0 Å². The molecule has 1 amide bonds. The van der Waals surface area contributed by atoms with Crippen LogP contribution in [0.15, 0.2) is 65.1 Å². The van der Waals surface area contributed by atoms with Gasteiger partial charge in [0, 0.05) is 16.1 Å². The number of ether oxygens (including phenoxy) is 2. The van der Waals surface area contributed by atoms with E-state index in [2.05, 4.69) is 33.2 Å². The maximum Gasteiger partial charge on any atom is 0.324 e. The smallest absolute Gasteiger partial charge is 0.324 e. The van der Waals surface area contributed by atoms with Crippen molar-refractivity contribution >= 4 is 54.6 Å². The van der Waals surface area contributed by atoms with Gasteiger partial charge in [-0.1, -0.05) is 51.9 Å². The van der Waals surface area contributed by atoms with Crippen LogP contribution in [0.3, 0.4) is 0 Å². The second-order valence-electron chi connectivity index (χ2n) is 7.29. The summed E-state index contributed by atoms with van der Waals surface area (Å²) in [5.41, 5.74) is 1.36. The molecule has 0 aliphatic carbocycles. The first-order chi connectivity index (χ1) is 16.9. The molecule has 0 saturated heterocycles. The molecule has 1 N–H and O–H groups in total. The van der Waals surface area contributed by atoms with Crippen LogP contribution in [-0.4, -0.2) is 22.4 Å². The van der Waals surface area contributed by atoms with Crippen molar-refractivity contribution in [1.29, 1.82) is 0 Å². The average molecular weight is 574 g/mol. The van der Waals surface area contributed by atoms with E-state index in [1.165, 1.54) is 23.5 Å². The number of carbonyl (C=O) groups excluding carboxylic acids is 1. The number of rotatable bonds is 10. The van der Waals surface area contributed by atoms with Gasteiger partial charge in [-0.15, -0.1) is 0 Å². The minimum absolute atomic E-state index is 0.101. The molecule has 4 aromatic rings. The SMILES string of the molecule is CCCCOc1ccc(-c2nc(NC(=O)c3ccc([N+](=O)[O-])s3)sc2Oc2ccc(Br)cc2)cc1. The summed E-state index contributed by atoms with van der Waals surface area (Å²) in [6, 6.07) is 17.6. The minimum atomic E-state index is -0.525. The number of thiophene rings is 1. The van der Waals surface area contributed by atoms with Gasteiger partial charge in [0.05, 0.1) is 16.4 Å². The van der Waals surface area contributed by atoms with E-state index in [1.807, 2.05) is 48.5 Å². The van der Waals surface area contributed by atoms with Crippen molar-refractivity contribution < 1.29 is 19.2 Å². The lowest BCUT2D eigenvalue weighted by molar-refractivity contribution is -0.380. The summed E-state index contributed by atoms with van der Waals surface area (Å²) >= 11 is 5.39. The molecular formula is C24H20BrN3O5S2. The highest BCUT2D eigenvalue weighted by molar-refractivity contribution is 9.10. The van der Waals surface area contributed by atoms with E-state index in [4.69, 9.17) is 9.47 Å². The van der Waals surface area contributed by atoms with Crippen molar-refractivity contribution in [2.24, 2.45) is 0 Å². The quantitative estimate of drug-likeness (QED) is 0.118. The van der Waals surface area contributed by atoms with Gasteiger partial charge in [-0.3, -0.25) is 20.2 Å². The third kappa shape index (κ3) is 6.44. The number of anilines is 1. The Bertz CT molecular complexity index is 1320. The van der Waals surface area contributed by atoms with Crippen molar-refractivity contribution in [2.45, 2.75) is 19.8 Å². The lowest BCUT2D eigenvalue weighted by Gasteiger charge is -2.07. The predicted molar refractivity (Wildman–Crippen MR) is 141 cm³/mol. The van der Waals surface area contributed by atoms with E-state index in [0.29, 0.717) is 28.2 Å². The van der Waals surface area contributed by atoms with Gasteiger partial charge in [0.1, 0.15) is 17.2 Å². The highest BCUT2D eigenvalue weighted by atomic mass is 79.9. The summed E-state index contributed by atoms with van der Waals surface area (Å²) in [7, 11) is 0. The molecule has 4 rings (SSSR count). The molecule has 0 unspecified atom stereocenters. The lowest BCUT2D eigenvalue weighted by Crippen LogP contribution is -2.09. The molecule has 0 aliphatic rings. The molecule has 35 heavy (non-hydrogen) atoms. The van der Waals surface area contributed by atoms with Crippen LogP contribution < -0.4 is 14.8 Å². The minimum Gasteiger partial charge on any atom is -0.494 e. The van der Waals surface area contributed by atoms with Crippen LogP contribution in [0.2, 0.25) is 0 Å². The summed E-state index contributed by atoms with van der Waals surface area (Å²) in [4.78, 5) is 27.9. The standard InChI is InChI=1S/C24H20BrN3O5S2/c1-2-3-14-32-17-8-4-15(5-9-17)21-23(33-18-10-6-16(25)7-11-18)35-24(26-21)27-22(29)19-12-13-20(34-19)28(30)31/h4-13H,2-3,14H2,1H3,(H,26,27,29). The van der Waals surface area contributed by atoms with Crippen molar-refractivity contribution in [3.05, 3.63) is 80.1 Å². The van der Waals surface area contributed by atoms with Crippen molar-refractivity contribution in [1.82, 2.24) is 4.98 Å². The second kappa shape index (κ2) is 11.4. The van der Waals surface area contributed by atoms with Crippen molar-refractivity contribution in [3.8, 4) is 27.8 Å². The monoisotopic (exact) mass is 573 g/mol. The van der Waals surface area contributed by atoms with E-state index in [0.717, 1.165) is 40.0 Å². The van der Waals surface area contributed by atoms with Crippen LogP contribution in [0, 0.1) is 10.1 Å². The molecule has 2 aromatic heterocycles. The first-order valence-corrected chi connectivity index (χ1v) is 13.1. The summed E-state index contributed by atoms with van der Waals surface area (Å²) in [6.07, 6.45) is 2.04. The number of carbonyl (C=O) groups is 1. The van der Waals surface area contributed by atoms with Gasteiger partial charge >= 0.3 is 5.00 Å². The number of unbranched alkanes of at least 4 members (excludes halogenated alkanes) is 1. The molecule has 8 nitrogen and oxygen atoms in total. The fourth-order valence-corrected chi connectivity index (χ4v) is 4.81. The van der Waals surface area contributed by atoms with E-state index < -0.39 is 10.8 Å². The molecule has 0 atom stereocenters. The number of halogens is 1. The molecule has 180 valence electrons. The Morgan fingerprint density at radius 3 is 2.43 bits per heavy atom. The Hall–Kier alpha value is -3.28. The number of nitro groups is 1. The number of benzene rings is 2. The summed E-state index contributed by atoms with van der Waals surface area (Å²) in [5, 5.41) is 14.4. The molecule has 2 aromatic carbocycles. The predicted octanol–water partition coefficient (Wildman–Crippen LogP) is 7.77. The van der Waals surface area contributed by atoms with Crippen LogP contribution in [0.4, 0.5) is 10.1 Å². The first kappa shape index (κ1) is 24.8. The number of hydrogen-bond donors (Lipinski definition) is 1. The van der Waals surface area contributed by atoms with E-state index >= 15 is 0 Å². The molecule has 2 heterocycles. The van der Waals surface area contributed by atoms with Gasteiger partial charge in [0.15, 0.2) is 5.13 Å². The molecule has 0 bridgehead atoms. The molecule has 11 heteroatoms. The Labute approximate surface area is 217 Å². The topological polar surface area (TPSA) is 104 Å². The third-order valence-corrected chi connectivity index (χ3v) is 7.14. The number of amides is 1. The van der Waals surface area contributed by atoms with Crippen molar-refractivity contribution in [3.63, 3.8) is 0 Å². The van der Waals surface area contributed by atoms with Gasteiger partial charge in [0.25, 0.3) is 5.91 Å². The number of hydrogen-bond acceptors (Lipinski definition) is 8. The van der Waals surface area contributed by atoms with E-state index in [1.54, 1.807) is 0 Å². The fraction of sp³-hybridized carbons (Fsp3) is 0.167.